The molecule has 1 aromatic carbocycles. The van der Waals surface area contributed by atoms with Crippen molar-refractivity contribution in [3.8, 4) is 0 Å². The largest absolute Gasteiger partial charge is 0.387 e. The van der Waals surface area contributed by atoms with Gasteiger partial charge in [-0.25, -0.2) is 4.98 Å². The Bertz CT molecular complexity index is 472. The summed E-state index contributed by atoms with van der Waals surface area (Å²) in [5, 5.41) is 16.9. The van der Waals surface area contributed by atoms with Gasteiger partial charge in [-0.05, 0) is 24.6 Å². The van der Waals surface area contributed by atoms with Gasteiger partial charge in [0.2, 0.25) is 0 Å². The van der Waals surface area contributed by atoms with Crippen LogP contribution < -0.4 is 5.32 Å². The zero-order chi connectivity index (χ0) is 13.0. The average molecular weight is 283 g/mol. The lowest BCUT2D eigenvalue weighted by Gasteiger charge is -2.15. The number of hydrogen-bond acceptors (Lipinski definition) is 4. The minimum atomic E-state index is -0.537. The van der Waals surface area contributed by atoms with Crippen LogP contribution in [0.5, 0.6) is 0 Å². The number of benzene rings is 1. The number of aliphatic hydroxyl groups excluding tert-OH is 1. The molecule has 0 bridgehead atoms. The van der Waals surface area contributed by atoms with E-state index in [1.165, 1.54) is 0 Å². The van der Waals surface area contributed by atoms with E-state index in [1.807, 2.05) is 24.4 Å². The van der Waals surface area contributed by atoms with E-state index in [0.717, 1.165) is 10.6 Å². The van der Waals surface area contributed by atoms with Gasteiger partial charge in [0.1, 0.15) is 5.01 Å². The molecule has 0 aliphatic carbocycles. The summed E-state index contributed by atoms with van der Waals surface area (Å²) >= 11 is 7.42. The zero-order valence-corrected chi connectivity index (χ0v) is 11.6. The quantitative estimate of drug-likeness (QED) is 0.885. The van der Waals surface area contributed by atoms with Crippen LogP contribution >= 0.6 is 22.9 Å². The number of aromatic nitrogens is 1. The van der Waals surface area contributed by atoms with Gasteiger partial charge in [-0.15, -0.1) is 11.3 Å². The number of thiazole rings is 1. The van der Waals surface area contributed by atoms with Crippen LogP contribution in [0, 0.1) is 0 Å². The Morgan fingerprint density at radius 3 is 2.72 bits per heavy atom. The predicted molar refractivity (Wildman–Crippen MR) is 74.9 cm³/mol. The number of aliphatic hydroxyl groups is 1. The molecule has 0 saturated carbocycles. The first-order chi connectivity index (χ1) is 8.66. The van der Waals surface area contributed by atoms with E-state index in [1.54, 1.807) is 29.7 Å². The Morgan fingerprint density at radius 2 is 2.11 bits per heavy atom. The highest BCUT2D eigenvalue weighted by Gasteiger charge is 2.11. The molecule has 0 aliphatic heterocycles. The molecule has 0 spiro atoms. The summed E-state index contributed by atoms with van der Waals surface area (Å²) in [5.74, 6) is 0. The van der Waals surface area contributed by atoms with Gasteiger partial charge in [-0.2, -0.15) is 0 Å². The summed E-state index contributed by atoms with van der Waals surface area (Å²) in [5.41, 5.74) is 0.859. The second-order valence-corrected chi connectivity index (χ2v) is 5.43. The Morgan fingerprint density at radius 1 is 1.39 bits per heavy atom. The van der Waals surface area contributed by atoms with E-state index in [-0.39, 0.29) is 6.04 Å². The Hall–Kier alpha value is -0.940. The maximum absolute atomic E-state index is 10.0. The molecular weight excluding hydrogens is 268 g/mol. The summed E-state index contributed by atoms with van der Waals surface area (Å²) in [6.07, 6.45) is 1.25. The Labute approximate surface area is 115 Å². The molecule has 18 heavy (non-hydrogen) atoms. The van der Waals surface area contributed by atoms with Gasteiger partial charge in [0.05, 0.1) is 12.1 Å². The molecule has 0 aliphatic rings. The highest BCUT2D eigenvalue weighted by atomic mass is 35.5. The zero-order valence-electron chi connectivity index (χ0n) is 10.0. The van der Waals surface area contributed by atoms with Crippen LogP contribution in [0.2, 0.25) is 5.02 Å². The minimum absolute atomic E-state index is 0.145. The minimum Gasteiger partial charge on any atom is -0.387 e. The average Bonchev–Trinajstić information content (AvgIpc) is 2.90. The van der Waals surface area contributed by atoms with Crippen molar-refractivity contribution < 1.29 is 5.11 Å². The maximum Gasteiger partial charge on any atom is 0.109 e. The lowest BCUT2D eigenvalue weighted by molar-refractivity contribution is 0.171. The second-order valence-electron chi connectivity index (χ2n) is 4.07. The molecule has 5 heteroatoms. The highest BCUT2D eigenvalue weighted by Crippen LogP contribution is 2.18. The lowest BCUT2D eigenvalue weighted by Crippen LogP contribution is -2.24. The Kier molecular flexibility index (Phi) is 4.72. The van der Waals surface area contributed by atoms with Crippen LogP contribution in [0.25, 0.3) is 0 Å². The van der Waals surface area contributed by atoms with Crippen LogP contribution in [0.1, 0.15) is 29.6 Å². The monoisotopic (exact) mass is 282 g/mol. The van der Waals surface area contributed by atoms with Crippen molar-refractivity contribution in [3.63, 3.8) is 0 Å². The molecule has 0 saturated heterocycles. The van der Waals surface area contributed by atoms with Gasteiger partial charge in [0, 0.05) is 23.1 Å². The fraction of sp³-hybridized carbons (Fsp3) is 0.308. The molecule has 2 unspecified atom stereocenters. The molecule has 0 radical (unpaired) electrons. The van der Waals surface area contributed by atoms with Crippen molar-refractivity contribution in [1.82, 2.24) is 10.3 Å². The summed E-state index contributed by atoms with van der Waals surface area (Å²) in [7, 11) is 0. The molecular formula is C13H15ClN2OS. The van der Waals surface area contributed by atoms with Crippen molar-refractivity contribution >= 4 is 22.9 Å². The summed E-state index contributed by atoms with van der Waals surface area (Å²) in [6.45, 7) is 2.52. The number of nitrogens with zero attached hydrogens (tertiary/aromatic N) is 1. The highest BCUT2D eigenvalue weighted by molar-refractivity contribution is 7.09. The number of hydrogen-bond donors (Lipinski definition) is 2. The van der Waals surface area contributed by atoms with Gasteiger partial charge in [-0.3, -0.25) is 0 Å². The van der Waals surface area contributed by atoms with Crippen LogP contribution in [0.3, 0.4) is 0 Å². The molecule has 1 aromatic heterocycles. The maximum atomic E-state index is 10.0. The third-order valence-corrected chi connectivity index (χ3v) is 3.90. The number of rotatable bonds is 5. The fourth-order valence-corrected chi connectivity index (χ4v) is 2.42. The topological polar surface area (TPSA) is 45.1 Å². The molecule has 2 N–H and O–H groups in total. The first kappa shape index (κ1) is 13.5. The molecule has 1 heterocycles. The van der Waals surface area contributed by atoms with Gasteiger partial charge in [0.15, 0.2) is 0 Å². The molecule has 2 atom stereocenters. The normalized spacial score (nSPS) is 14.4. The van der Waals surface area contributed by atoms with Crippen molar-refractivity contribution in [2.45, 2.75) is 19.1 Å². The van der Waals surface area contributed by atoms with Gasteiger partial charge < -0.3 is 10.4 Å². The fourth-order valence-electron chi connectivity index (χ4n) is 1.63. The molecule has 3 nitrogen and oxygen atoms in total. The number of nitrogens with one attached hydrogen (secondary N) is 1. The molecule has 2 aromatic rings. The predicted octanol–water partition coefficient (Wildman–Crippen LogP) is 3.18. The Balaban J connectivity index is 1.88. The van der Waals surface area contributed by atoms with E-state index in [4.69, 9.17) is 11.6 Å². The first-order valence-corrected chi connectivity index (χ1v) is 6.99. The van der Waals surface area contributed by atoms with E-state index in [9.17, 15) is 5.11 Å². The summed E-state index contributed by atoms with van der Waals surface area (Å²) < 4.78 is 0. The molecule has 2 rings (SSSR count). The lowest BCUT2D eigenvalue weighted by atomic mass is 10.1. The molecule has 0 fully saturated rings. The second kappa shape index (κ2) is 6.29. The van der Waals surface area contributed by atoms with Gasteiger partial charge in [0.25, 0.3) is 0 Å². The third kappa shape index (κ3) is 3.53. The first-order valence-electron chi connectivity index (χ1n) is 5.73. The summed E-state index contributed by atoms with van der Waals surface area (Å²) in [6, 6.07) is 7.38. The van der Waals surface area contributed by atoms with Gasteiger partial charge >= 0.3 is 0 Å². The van der Waals surface area contributed by atoms with Crippen LogP contribution in [-0.2, 0) is 0 Å². The van der Waals surface area contributed by atoms with Crippen LogP contribution in [0.4, 0.5) is 0 Å². The van der Waals surface area contributed by atoms with Gasteiger partial charge in [-0.1, -0.05) is 23.7 Å². The van der Waals surface area contributed by atoms with E-state index in [2.05, 4.69) is 10.3 Å². The van der Waals surface area contributed by atoms with Crippen molar-refractivity contribution in [2.75, 3.05) is 6.54 Å². The summed E-state index contributed by atoms with van der Waals surface area (Å²) in [4.78, 5) is 4.24. The van der Waals surface area contributed by atoms with E-state index < -0.39 is 6.10 Å². The molecule has 96 valence electrons. The van der Waals surface area contributed by atoms with Crippen molar-refractivity contribution in [1.29, 1.82) is 0 Å². The van der Waals surface area contributed by atoms with E-state index in [0.29, 0.717) is 11.6 Å². The van der Waals surface area contributed by atoms with Crippen molar-refractivity contribution in [3.05, 3.63) is 51.4 Å². The SMILES string of the molecule is CC(NCC(O)c1ccc(Cl)cc1)c1nccs1. The smallest absolute Gasteiger partial charge is 0.109 e. The van der Waals surface area contributed by atoms with E-state index >= 15 is 0 Å². The third-order valence-electron chi connectivity index (χ3n) is 2.69. The van der Waals surface area contributed by atoms with Crippen LogP contribution in [-0.4, -0.2) is 16.6 Å². The standard InChI is InChI=1S/C13H15ClN2OS/c1-9(13-15-6-7-18-13)16-8-12(17)10-2-4-11(14)5-3-10/h2-7,9,12,16-17H,8H2,1H3. The molecule has 0 amide bonds. The van der Waals surface area contributed by atoms with Crippen LogP contribution in [0.15, 0.2) is 35.8 Å². The number of halogens is 1. The van der Waals surface area contributed by atoms with Crippen molar-refractivity contribution in [2.24, 2.45) is 0 Å².